The maximum Gasteiger partial charge on any atom is 0.326 e. The molecule has 1 aromatic carbocycles. The zero-order valence-corrected chi connectivity index (χ0v) is 15.7. The number of fused-ring (bicyclic) bond motifs is 1. The Morgan fingerprint density at radius 3 is 2.40 bits per heavy atom. The highest BCUT2D eigenvalue weighted by atomic mass is 32.2. The van der Waals surface area contributed by atoms with Crippen LogP contribution in [0.2, 0.25) is 0 Å². The largest absolute Gasteiger partial charge is 0.459 e. The average molecular weight is 366 g/mol. The number of rotatable bonds is 5. The Balaban J connectivity index is 2.45. The van der Waals surface area contributed by atoms with Crippen LogP contribution < -0.4 is 4.72 Å². The number of nitrogens with zero attached hydrogens (tertiary/aromatic N) is 1. The number of sulfonamides is 1. The zero-order chi connectivity index (χ0) is 19.0. The number of nitrogens with one attached hydrogen (secondary N) is 1. The van der Waals surface area contributed by atoms with Gasteiger partial charge in [0.1, 0.15) is 12.1 Å². The summed E-state index contributed by atoms with van der Waals surface area (Å²) in [6.07, 6.45) is 2.64. The summed E-state index contributed by atoms with van der Waals surface area (Å²) in [6, 6.07) is 4.83. The summed E-state index contributed by atoms with van der Waals surface area (Å²) in [6.45, 7) is 6.72. The molecule has 25 heavy (non-hydrogen) atoms. The van der Waals surface area contributed by atoms with E-state index in [2.05, 4.69) is 4.72 Å². The summed E-state index contributed by atoms with van der Waals surface area (Å²) in [5.41, 5.74) is 0.814. The van der Waals surface area contributed by atoms with Gasteiger partial charge in [0.25, 0.3) is 0 Å². The molecule has 136 valence electrons. The third-order valence-electron chi connectivity index (χ3n) is 3.28. The van der Waals surface area contributed by atoms with Gasteiger partial charge >= 0.3 is 5.97 Å². The van der Waals surface area contributed by atoms with Crippen molar-refractivity contribution in [2.45, 2.75) is 39.8 Å². The second kappa shape index (κ2) is 6.51. The number of hydrogen-bond donors (Lipinski definition) is 1. The molecule has 0 amide bonds. The van der Waals surface area contributed by atoms with Crippen molar-refractivity contribution in [2.24, 2.45) is 0 Å². The van der Waals surface area contributed by atoms with E-state index in [9.17, 15) is 18.0 Å². The van der Waals surface area contributed by atoms with Crippen molar-refractivity contribution in [3.63, 3.8) is 0 Å². The lowest BCUT2D eigenvalue weighted by atomic mass is 10.1. The third-order valence-corrected chi connectivity index (χ3v) is 3.89. The Kier molecular flexibility index (Phi) is 4.94. The monoisotopic (exact) mass is 366 g/mol. The number of esters is 1. The average Bonchev–Trinajstić information content (AvgIpc) is 2.72. The molecule has 8 heteroatoms. The van der Waals surface area contributed by atoms with Gasteiger partial charge < -0.3 is 9.30 Å². The predicted octanol–water partition coefficient (Wildman–Crippen LogP) is 2.56. The van der Waals surface area contributed by atoms with Gasteiger partial charge in [-0.15, -0.1) is 0 Å². The van der Waals surface area contributed by atoms with E-state index in [4.69, 9.17) is 4.74 Å². The van der Waals surface area contributed by atoms with E-state index in [1.807, 2.05) is 0 Å². The SMILES string of the molecule is CC(=O)c1cn(CC(=O)OC(C)(C)C)c2ccc(NS(C)(=O)=O)cc12. The number of carbonyl (C=O) groups is 2. The lowest BCUT2D eigenvalue weighted by molar-refractivity contribution is -0.155. The fraction of sp³-hybridized carbons (Fsp3) is 0.412. The van der Waals surface area contributed by atoms with Gasteiger partial charge in [0.05, 0.1) is 6.26 Å². The normalized spacial score (nSPS) is 12.2. The van der Waals surface area contributed by atoms with Gasteiger partial charge in [-0.2, -0.15) is 0 Å². The number of carbonyl (C=O) groups excluding carboxylic acids is 2. The number of Topliss-reactive ketones (excluding diaryl/α,β-unsaturated/α-hetero) is 1. The molecule has 0 atom stereocenters. The Hall–Kier alpha value is -2.35. The van der Waals surface area contributed by atoms with Crippen molar-refractivity contribution in [3.8, 4) is 0 Å². The van der Waals surface area contributed by atoms with Crippen LogP contribution in [0.4, 0.5) is 5.69 Å². The second-order valence-electron chi connectivity index (χ2n) is 6.92. The Morgan fingerprint density at radius 2 is 1.88 bits per heavy atom. The van der Waals surface area contributed by atoms with Gasteiger partial charge in [0.2, 0.25) is 10.0 Å². The topological polar surface area (TPSA) is 94.5 Å². The molecule has 0 fully saturated rings. The molecule has 0 saturated carbocycles. The molecule has 0 bridgehead atoms. The highest BCUT2D eigenvalue weighted by molar-refractivity contribution is 7.92. The maximum absolute atomic E-state index is 12.1. The minimum Gasteiger partial charge on any atom is -0.459 e. The van der Waals surface area contributed by atoms with E-state index in [1.165, 1.54) is 6.92 Å². The number of ketones is 1. The van der Waals surface area contributed by atoms with E-state index < -0.39 is 21.6 Å². The van der Waals surface area contributed by atoms with Crippen molar-refractivity contribution in [3.05, 3.63) is 30.0 Å². The van der Waals surface area contributed by atoms with Gasteiger partial charge in [0, 0.05) is 28.4 Å². The van der Waals surface area contributed by atoms with E-state index in [0.29, 0.717) is 22.2 Å². The highest BCUT2D eigenvalue weighted by Crippen LogP contribution is 2.26. The molecule has 0 saturated heterocycles. The van der Waals surface area contributed by atoms with Gasteiger partial charge in [-0.3, -0.25) is 14.3 Å². The van der Waals surface area contributed by atoms with Gasteiger partial charge in [-0.25, -0.2) is 8.42 Å². The predicted molar refractivity (Wildman–Crippen MR) is 96.3 cm³/mol. The molecule has 0 aliphatic carbocycles. The molecule has 1 N–H and O–H groups in total. The third kappa shape index (κ3) is 5.06. The van der Waals surface area contributed by atoms with E-state index in [1.54, 1.807) is 49.7 Å². The quantitative estimate of drug-likeness (QED) is 0.648. The van der Waals surface area contributed by atoms with Crippen LogP contribution in [0.3, 0.4) is 0 Å². The molecule has 1 aromatic heterocycles. The second-order valence-corrected chi connectivity index (χ2v) is 8.67. The lowest BCUT2D eigenvalue weighted by Gasteiger charge is -2.19. The molecule has 1 heterocycles. The number of aromatic nitrogens is 1. The minimum absolute atomic E-state index is 0.0418. The van der Waals surface area contributed by atoms with Gasteiger partial charge in [0.15, 0.2) is 5.78 Å². The van der Waals surface area contributed by atoms with E-state index >= 15 is 0 Å². The summed E-state index contributed by atoms with van der Waals surface area (Å²) in [7, 11) is -3.43. The van der Waals surface area contributed by atoms with Crippen LogP contribution in [-0.4, -0.2) is 36.6 Å². The molecule has 0 aliphatic heterocycles. The Labute approximate surface area is 147 Å². The fourth-order valence-electron chi connectivity index (χ4n) is 2.50. The molecule has 0 radical (unpaired) electrons. The lowest BCUT2D eigenvalue weighted by Crippen LogP contribution is -2.26. The van der Waals surface area contributed by atoms with Gasteiger partial charge in [-0.1, -0.05) is 0 Å². The van der Waals surface area contributed by atoms with Crippen LogP contribution in [0.15, 0.2) is 24.4 Å². The number of ether oxygens (including phenoxy) is 1. The fourth-order valence-corrected chi connectivity index (χ4v) is 3.05. The van der Waals surface area contributed by atoms with Crippen molar-refractivity contribution in [1.82, 2.24) is 4.57 Å². The number of benzene rings is 1. The Morgan fingerprint density at radius 1 is 1.24 bits per heavy atom. The molecule has 2 aromatic rings. The zero-order valence-electron chi connectivity index (χ0n) is 14.9. The first-order valence-corrected chi connectivity index (χ1v) is 9.58. The standard InChI is InChI=1S/C17H22N2O5S/c1-11(20)14-9-19(10-16(21)24-17(2,3)4)15-7-6-12(8-13(14)15)18-25(5,22)23/h6-9,18H,10H2,1-5H3. The Bertz CT molecular complexity index is 936. The molecular formula is C17H22N2O5S. The molecule has 7 nitrogen and oxygen atoms in total. The van der Waals surface area contributed by atoms with Crippen molar-refractivity contribution in [1.29, 1.82) is 0 Å². The van der Waals surface area contributed by atoms with E-state index in [-0.39, 0.29) is 12.3 Å². The smallest absolute Gasteiger partial charge is 0.326 e. The van der Waals surface area contributed by atoms with Crippen LogP contribution in [0.5, 0.6) is 0 Å². The van der Waals surface area contributed by atoms with Crippen LogP contribution in [-0.2, 0) is 26.1 Å². The van der Waals surface area contributed by atoms with Crippen LogP contribution in [0, 0.1) is 0 Å². The summed E-state index contributed by atoms with van der Waals surface area (Å²) in [4.78, 5) is 24.0. The van der Waals surface area contributed by atoms with Crippen LogP contribution in [0.25, 0.3) is 10.9 Å². The van der Waals surface area contributed by atoms with E-state index in [0.717, 1.165) is 6.26 Å². The minimum atomic E-state index is -3.43. The molecule has 2 rings (SSSR count). The van der Waals surface area contributed by atoms with Crippen molar-refractivity contribution < 1.29 is 22.7 Å². The molecule has 0 unspecified atom stereocenters. The van der Waals surface area contributed by atoms with Gasteiger partial charge in [-0.05, 0) is 45.9 Å². The summed E-state index contributed by atoms with van der Waals surface area (Å²) in [5, 5.41) is 0.574. The summed E-state index contributed by atoms with van der Waals surface area (Å²) < 4.78 is 32.1. The maximum atomic E-state index is 12.1. The number of hydrogen-bond acceptors (Lipinski definition) is 5. The number of anilines is 1. The summed E-state index contributed by atoms with van der Waals surface area (Å²) >= 11 is 0. The van der Waals surface area contributed by atoms with Crippen molar-refractivity contribution >= 4 is 38.4 Å². The molecule has 0 aliphatic rings. The van der Waals surface area contributed by atoms with Crippen LogP contribution >= 0.6 is 0 Å². The van der Waals surface area contributed by atoms with Crippen molar-refractivity contribution in [2.75, 3.05) is 11.0 Å². The molecule has 0 spiro atoms. The summed E-state index contributed by atoms with van der Waals surface area (Å²) in [5.74, 6) is -0.595. The highest BCUT2D eigenvalue weighted by Gasteiger charge is 2.19. The van der Waals surface area contributed by atoms with Crippen LogP contribution in [0.1, 0.15) is 38.1 Å². The molecular weight excluding hydrogens is 344 g/mol. The first kappa shape index (κ1) is 19.0. The first-order chi connectivity index (χ1) is 11.4. The first-order valence-electron chi connectivity index (χ1n) is 7.69.